The second kappa shape index (κ2) is 4.91. The number of rotatable bonds is 2. The first kappa shape index (κ1) is 11.7. The lowest BCUT2D eigenvalue weighted by Gasteiger charge is -2.09. The predicted octanol–water partition coefficient (Wildman–Crippen LogP) is 3.14. The van der Waals surface area contributed by atoms with E-state index in [4.69, 9.17) is 23.2 Å². The second-order valence-corrected chi connectivity index (χ2v) is 3.93. The summed E-state index contributed by atoms with van der Waals surface area (Å²) in [6.45, 7) is 0. The maximum absolute atomic E-state index is 11.1. The molecule has 0 heterocycles. The van der Waals surface area contributed by atoms with Crippen LogP contribution in [0.4, 0.5) is 0 Å². The molecule has 5 heteroatoms. The van der Waals surface area contributed by atoms with E-state index in [1.807, 2.05) is 0 Å². The highest BCUT2D eigenvalue weighted by atomic mass is 35.5. The van der Waals surface area contributed by atoms with Gasteiger partial charge >= 0.3 is 5.97 Å². The number of hydrogen-bond acceptors (Lipinski definition) is 3. The number of esters is 1. The van der Waals surface area contributed by atoms with Gasteiger partial charge in [-0.2, -0.15) is 12.6 Å². The predicted molar refractivity (Wildman–Crippen MR) is 60.2 cm³/mol. The Morgan fingerprint density at radius 3 is 2.57 bits per heavy atom. The van der Waals surface area contributed by atoms with Crippen molar-refractivity contribution >= 4 is 41.8 Å². The van der Waals surface area contributed by atoms with Gasteiger partial charge in [0.05, 0.1) is 17.2 Å². The molecule has 0 saturated heterocycles. The summed E-state index contributed by atoms with van der Waals surface area (Å²) in [5, 5.41) is 0.211. The summed E-state index contributed by atoms with van der Waals surface area (Å²) < 4.78 is 4.55. The summed E-state index contributed by atoms with van der Waals surface area (Å²) in [5.41, 5.74) is 0.662. The Kier molecular flexibility index (Phi) is 4.11. The minimum atomic E-state index is -0.630. The van der Waals surface area contributed by atoms with Crippen LogP contribution in [0.5, 0.6) is 0 Å². The van der Waals surface area contributed by atoms with Gasteiger partial charge in [-0.25, -0.2) is 0 Å². The molecule has 0 amide bonds. The average Bonchev–Trinajstić information content (AvgIpc) is 2.20. The molecule has 0 aliphatic rings. The van der Waals surface area contributed by atoms with E-state index in [-0.39, 0.29) is 0 Å². The number of halogens is 2. The zero-order valence-corrected chi connectivity index (χ0v) is 9.74. The van der Waals surface area contributed by atoms with E-state index in [9.17, 15) is 4.79 Å². The number of ether oxygens (including phenoxy) is 1. The van der Waals surface area contributed by atoms with Crippen molar-refractivity contribution in [3.8, 4) is 0 Å². The van der Waals surface area contributed by atoms with Crippen molar-refractivity contribution in [3.63, 3.8) is 0 Å². The van der Waals surface area contributed by atoms with Crippen LogP contribution >= 0.6 is 35.8 Å². The Balaban J connectivity index is 2.96. The van der Waals surface area contributed by atoms with Gasteiger partial charge in [0, 0.05) is 0 Å². The molecule has 2 nitrogen and oxygen atoms in total. The zero-order chi connectivity index (χ0) is 10.7. The number of carbonyl (C=O) groups excluding carboxylic acids is 1. The topological polar surface area (TPSA) is 26.3 Å². The van der Waals surface area contributed by atoms with Crippen molar-refractivity contribution in [1.82, 2.24) is 0 Å². The molecule has 1 aromatic rings. The normalized spacial score (nSPS) is 12.3. The number of carbonyl (C=O) groups is 1. The Labute approximate surface area is 97.6 Å². The van der Waals surface area contributed by atoms with Crippen molar-refractivity contribution in [2.24, 2.45) is 0 Å². The van der Waals surface area contributed by atoms with Crippen LogP contribution in [-0.4, -0.2) is 13.1 Å². The molecule has 0 saturated carbocycles. The standard InChI is InChI=1S/C9H8Cl2O2S/c1-13-9(12)8(14)5-2-3-6(10)7(11)4-5/h2-4,8,14H,1H3. The first-order valence-corrected chi connectivity index (χ1v) is 5.04. The molecular formula is C9H8Cl2O2S. The van der Waals surface area contributed by atoms with Crippen LogP contribution < -0.4 is 0 Å². The van der Waals surface area contributed by atoms with Gasteiger partial charge in [0.1, 0.15) is 5.25 Å². The Morgan fingerprint density at radius 2 is 2.07 bits per heavy atom. The fraction of sp³-hybridized carbons (Fsp3) is 0.222. The number of hydrogen-bond donors (Lipinski definition) is 1. The van der Waals surface area contributed by atoms with Crippen LogP contribution in [-0.2, 0) is 9.53 Å². The highest BCUT2D eigenvalue weighted by Gasteiger charge is 2.17. The molecule has 1 unspecified atom stereocenters. The van der Waals surface area contributed by atoms with Gasteiger partial charge in [-0.05, 0) is 17.7 Å². The molecule has 0 bridgehead atoms. The van der Waals surface area contributed by atoms with Crippen molar-refractivity contribution in [3.05, 3.63) is 33.8 Å². The van der Waals surface area contributed by atoms with Crippen LogP contribution in [0.2, 0.25) is 10.0 Å². The lowest BCUT2D eigenvalue weighted by molar-refractivity contribution is -0.140. The Morgan fingerprint density at radius 1 is 1.43 bits per heavy atom. The summed E-state index contributed by atoms with van der Waals surface area (Å²) in [4.78, 5) is 11.1. The molecule has 0 fully saturated rings. The van der Waals surface area contributed by atoms with Crippen molar-refractivity contribution in [1.29, 1.82) is 0 Å². The van der Waals surface area contributed by atoms with E-state index in [0.717, 1.165) is 0 Å². The van der Waals surface area contributed by atoms with Gasteiger partial charge in [-0.1, -0.05) is 29.3 Å². The Bertz CT molecular complexity index is 355. The average molecular weight is 251 g/mol. The Hall–Kier alpha value is -0.380. The quantitative estimate of drug-likeness (QED) is 0.645. The van der Waals surface area contributed by atoms with Gasteiger partial charge in [0.25, 0.3) is 0 Å². The van der Waals surface area contributed by atoms with E-state index >= 15 is 0 Å². The van der Waals surface area contributed by atoms with E-state index in [0.29, 0.717) is 15.6 Å². The first-order chi connectivity index (χ1) is 6.56. The summed E-state index contributed by atoms with van der Waals surface area (Å²) in [6, 6.07) is 4.90. The second-order valence-electron chi connectivity index (χ2n) is 2.60. The van der Waals surface area contributed by atoms with Crippen molar-refractivity contribution in [2.45, 2.75) is 5.25 Å². The van der Waals surface area contributed by atoms with Gasteiger partial charge in [0.15, 0.2) is 0 Å². The van der Waals surface area contributed by atoms with E-state index in [1.54, 1.807) is 18.2 Å². The first-order valence-electron chi connectivity index (χ1n) is 3.77. The molecule has 1 rings (SSSR count). The van der Waals surface area contributed by atoms with Crippen LogP contribution in [0.15, 0.2) is 18.2 Å². The van der Waals surface area contributed by atoms with Crippen LogP contribution in [0.1, 0.15) is 10.8 Å². The minimum absolute atomic E-state index is 0.395. The molecule has 14 heavy (non-hydrogen) atoms. The molecule has 0 aromatic heterocycles. The number of methoxy groups -OCH3 is 1. The number of thiol groups is 1. The maximum Gasteiger partial charge on any atom is 0.323 e. The summed E-state index contributed by atoms with van der Waals surface area (Å²) in [6.07, 6.45) is 0. The van der Waals surface area contributed by atoms with Crippen LogP contribution in [0.25, 0.3) is 0 Å². The highest BCUT2D eigenvalue weighted by Crippen LogP contribution is 2.28. The molecule has 0 aliphatic heterocycles. The molecule has 1 aromatic carbocycles. The third-order valence-electron chi connectivity index (χ3n) is 1.68. The molecule has 1 atom stereocenters. The van der Waals surface area contributed by atoms with Crippen LogP contribution in [0.3, 0.4) is 0 Å². The molecule has 0 spiro atoms. The lowest BCUT2D eigenvalue weighted by Crippen LogP contribution is -2.08. The summed E-state index contributed by atoms with van der Waals surface area (Å²) >= 11 is 15.6. The van der Waals surface area contributed by atoms with E-state index in [1.165, 1.54) is 7.11 Å². The van der Waals surface area contributed by atoms with Crippen LogP contribution in [0, 0.1) is 0 Å². The van der Waals surface area contributed by atoms with E-state index < -0.39 is 11.2 Å². The van der Waals surface area contributed by atoms with Gasteiger partial charge in [-0.3, -0.25) is 4.79 Å². The monoisotopic (exact) mass is 250 g/mol. The van der Waals surface area contributed by atoms with Gasteiger partial charge in [-0.15, -0.1) is 0 Å². The minimum Gasteiger partial charge on any atom is -0.468 e. The fourth-order valence-electron chi connectivity index (χ4n) is 0.930. The third-order valence-corrected chi connectivity index (χ3v) is 2.93. The smallest absolute Gasteiger partial charge is 0.323 e. The highest BCUT2D eigenvalue weighted by molar-refractivity contribution is 7.81. The molecule has 0 aliphatic carbocycles. The van der Waals surface area contributed by atoms with Gasteiger partial charge < -0.3 is 4.74 Å². The number of benzene rings is 1. The molecule has 0 radical (unpaired) electrons. The summed E-state index contributed by atoms with van der Waals surface area (Å²) in [5.74, 6) is -0.424. The third kappa shape index (κ3) is 2.56. The SMILES string of the molecule is COC(=O)C(S)c1ccc(Cl)c(Cl)c1. The molecule has 0 N–H and O–H groups in total. The molecule has 76 valence electrons. The van der Waals surface area contributed by atoms with Crippen molar-refractivity contribution < 1.29 is 9.53 Å². The fourth-order valence-corrected chi connectivity index (χ4v) is 1.50. The maximum atomic E-state index is 11.1. The lowest BCUT2D eigenvalue weighted by atomic mass is 10.1. The van der Waals surface area contributed by atoms with Gasteiger partial charge in [0.2, 0.25) is 0 Å². The summed E-state index contributed by atoms with van der Waals surface area (Å²) in [7, 11) is 1.31. The largest absolute Gasteiger partial charge is 0.468 e. The zero-order valence-electron chi connectivity index (χ0n) is 7.33. The van der Waals surface area contributed by atoms with Crippen molar-refractivity contribution in [2.75, 3.05) is 7.11 Å². The molecular weight excluding hydrogens is 243 g/mol. The van der Waals surface area contributed by atoms with E-state index in [2.05, 4.69) is 17.4 Å².